The molecule has 1 atom stereocenters. The van der Waals surface area contributed by atoms with Crippen LogP contribution in [-0.4, -0.2) is 84.2 Å². The number of imide groups is 1. The molecule has 2 heterocycles. The molecular formula is C28H31N3O3S. The van der Waals surface area contributed by atoms with Crippen LogP contribution in [0.2, 0.25) is 0 Å². The van der Waals surface area contributed by atoms with Crippen molar-refractivity contribution in [3.8, 4) is 0 Å². The van der Waals surface area contributed by atoms with E-state index in [0.29, 0.717) is 37.4 Å². The molecule has 3 aromatic carbocycles. The zero-order valence-electron chi connectivity index (χ0n) is 19.8. The van der Waals surface area contributed by atoms with Crippen LogP contribution in [0, 0.1) is 0 Å². The Balaban J connectivity index is 1.07. The van der Waals surface area contributed by atoms with Gasteiger partial charge in [0.25, 0.3) is 11.8 Å². The zero-order chi connectivity index (χ0) is 24.2. The zero-order valence-corrected chi connectivity index (χ0v) is 20.7. The van der Waals surface area contributed by atoms with Gasteiger partial charge in [0.1, 0.15) is 0 Å². The Hall–Kier alpha value is -2.71. The van der Waals surface area contributed by atoms with Gasteiger partial charge in [-0.2, -0.15) is 12.6 Å². The third-order valence-electron chi connectivity index (χ3n) is 6.85. The highest BCUT2D eigenvalue weighted by Gasteiger charge is 2.32. The summed E-state index contributed by atoms with van der Waals surface area (Å²) in [6, 6.07) is 21.5. The third-order valence-corrected chi connectivity index (χ3v) is 7.16. The van der Waals surface area contributed by atoms with Crippen LogP contribution in [0.15, 0.2) is 66.7 Å². The first-order valence-corrected chi connectivity index (χ1v) is 12.7. The van der Waals surface area contributed by atoms with Gasteiger partial charge in [-0.1, -0.05) is 54.6 Å². The van der Waals surface area contributed by atoms with E-state index in [-0.39, 0.29) is 17.1 Å². The molecule has 5 rings (SSSR count). The minimum absolute atomic E-state index is 0.164. The van der Waals surface area contributed by atoms with E-state index >= 15 is 0 Å². The first kappa shape index (κ1) is 24.0. The van der Waals surface area contributed by atoms with E-state index in [1.165, 1.54) is 10.5 Å². The minimum Gasteiger partial charge on any atom is -0.376 e. The summed E-state index contributed by atoms with van der Waals surface area (Å²) in [5.74, 6) is -0.377. The van der Waals surface area contributed by atoms with Crippen molar-refractivity contribution in [2.24, 2.45) is 0 Å². The Labute approximate surface area is 211 Å². The molecule has 1 fully saturated rings. The molecule has 0 bridgehead atoms. The van der Waals surface area contributed by atoms with E-state index in [2.05, 4.69) is 21.9 Å². The number of piperazine rings is 1. The molecule has 182 valence electrons. The van der Waals surface area contributed by atoms with Crippen molar-refractivity contribution in [3.63, 3.8) is 0 Å². The van der Waals surface area contributed by atoms with Crippen molar-refractivity contribution < 1.29 is 14.3 Å². The van der Waals surface area contributed by atoms with E-state index in [1.54, 1.807) is 0 Å². The van der Waals surface area contributed by atoms with E-state index in [0.717, 1.165) is 43.5 Å². The monoisotopic (exact) mass is 489 g/mol. The minimum atomic E-state index is -0.189. The lowest BCUT2D eigenvalue weighted by Gasteiger charge is -2.37. The molecule has 3 aromatic rings. The molecule has 2 amide bonds. The van der Waals surface area contributed by atoms with Crippen molar-refractivity contribution in [2.45, 2.75) is 11.9 Å². The summed E-state index contributed by atoms with van der Waals surface area (Å²) in [5.41, 5.74) is 2.42. The highest BCUT2D eigenvalue weighted by Crippen LogP contribution is 2.29. The van der Waals surface area contributed by atoms with Crippen molar-refractivity contribution in [3.05, 3.63) is 83.4 Å². The fraction of sp³-hybridized carbons (Fsp3) is 0.357. The summed E-state index contributed by atoms with van der Waals surface area (Å²) in [4.78, 5) is 32.3. The molecule has 6 nitrogen and oxygen atoms in total. The summed E-state index contributed by atoms with van der Waals surface area (Å²) in [7, 11) is 0. The van der Waals surface area contributed by atoms with Crippen molar-refractivity contribution >= 4 is 35.2 Å². The normalized spacial score (nSPS) is 17.8. The summed E-state index contributed by atoms with van der Waals surface area (Å²) in [6.45, 7) is 6.92. The average molecular weight is 490 g/mol. The van der Waals surface area contributed by atoms with Crippen LogP contribution in [-0.2, 0) is 11.3 Å². The van der Waals surface area contributed by atoms with Crippen molar-refractivity contribution in [1.29, 1.82) is 0 Å². The highest BCUT2D eigenvalue weighted by atomic mass is 32.1. The molecule has 0 N–H and O–H groups in total. The Morgan fingerprint density at radius 2 is 1.40 bits per heavy atom. The molecule has 2 aliphatic heterocycles. The standard InChI is InChI=1S/C28H31N3O3S/c32-27-24-10-4-8-22-9-5-11-25(26(22)24)28(33)31(27)17-16-29-12-14-30(15-13-29)18-23(35)20-34-19-21-6-2-1-3-7-21/h1-11,23,35H,12-20H2/t23-/m0/s1. The lowest BCUT2D eigenvalue weighted by Crippen LogP contribution is -2.51. The van der Waals surface area contributed by atoms with Gasteiger partial charge in [0.15, 0.2) is 0 Å². The van der Waals surface area contributed by atoms with Crippen LogP contribution in [0.1, 0.15) is 26.3 Å². The summed E-state index contributed by atoms with van der Waals surface area (Å²) in [5, 5.41) is 1.88. The Bertz CT molecular complexity index is 1140. The predicted molar refractivity (Wildman–Crippen MR) is 141 cm³/mol. The van der Waals surface area contributed by atoms with Gasteiger partial charge in [0, 0.05) is 67.6 Å². The second kappa shape index (κ2) is 10.9. The summed E-state index contributed by atoms with van der Waals surface area (Å²) < 4.78 is 5.83. The summed E-state index contributed by atoms with van der Waals surface area (Å²) >= 11 is 4.72. The van der Waals surface area contributed by atoms with E-state index < -0.39 is 0 Å². The predicted octanol–water partition coefficient (Wildman–Crippen LogP) is 3.57. The first-order valence-electron chi connectivity index (χ1n) is 12.2. The number of rotatable bonds is 9. The highest BCUT2D eigenvalue weighted by molar-refractivity contribution is 7.81. The molecule has 1 saturated heterocycles. The van der Waals surface area contributed by atoms with E-state index in [9.17, 15) is 9.59 Å². The SMILES string of the molecule is O=C1c2cccc3cccc(c23)C(=O)N1CCN1CCN(C[C@H](S)COCc2ccccc2)CC1. The van der Waals surface area contributed by atoms with E-state index in [1.807, 2.05) is 54.6 Å². The molecule has 2 aliphatic rings. The van der Waals surface area contributed by atoms with Gasteiger partial charge < -0.3 is 4.74 Å². The Kier molecular flexibility index (Phi) is 7.48. The maximum Gasteiger partial charge on any atom is 0.261 e. The van der Waals surface area contributed by atoms with Gasteiger partial charge in [0.2, 0.25) is 0 Å². The third kappa shape index (κ3) is 5.43. The lowest BCUT2D eigenvalue weighted by atomic mass is 9.94. The Morgan fingerprint density at radius 3 is 2.06 bits per heavy atom. The number of carbonyl (C=O) groups excluding carboxylic acids is 2. The topological polar surface area (TPSA) is 53.1 Å². The van der Waals surface area contributed by atoms with Crippen molar-refractivity contribution in [2.75, 3.05) is 52.4 Å². The van der Waals surface area contributed by atoms with Crippen LogP contribution < -0.4 is 0 Å². The molecular weight excluding hydrogens is 458 g/mol. The van der Waals surface area contributed by atoms with Crippen LogP contribution in [0.4, 0.5) is 0 Å². The molecule has 7 heteroatoms. The molecule has 0 radical (unpaired) electrons. The van der Waals surface area contributed by atoms with Crippen LogP contribution in [0.5, 0.6) is 0 Å². The van der Waals surface area contributed by atoms with Gasteiger partial charge in [-0.25, -0.2) is 0 Å². The summed E-state index contributed by atoms with van der Waals surface area (Å²) in [6.07, 6.45) is 0. The molecule has 0 spiro atoms. The maximum atomic E-state index is 13.1. The molecule has 0 unspecified atom stereocenters. The van der Waals surface area contributed by atoms with Gasteiger partial charge in [-0.3, -0.25) is 24.3 Å². The number of hydrogen-bond donors (Lipinski definition) is 1. The first-order chi connectivity index (χ1) is 17.1. The molecule has 0 saturated carbocycles. The quantitative estimate of drug-likeness (QED) is 0.368. The lowest BCUT2D eigenvalue weighted by molar-refractivity contribution is 0.0568. The van der Waals surface area contributed by atoms with Gasteiger partial charge in [-0.05, 0) is 23.1 Å². The maximum absolute atomic E-state index is 13.1. The largest absolute Gasteiger partial charge is 0.376 e. The van der Waals surface area contributed by atoms with Crippen LogP contribution in [0.25, 0.3) is 10.8 Å². The molecule has 0 aromatic heterocycles. The number of ether oxygens (including phenoxy) is 1. The molecule has 35 heavy (non-hydrogen) atoms. The number of thiol groups is 1. The fourth-order valence-electron chi connectivity index (χ4n) is 4.96. The van der Waals surface area contributed by atoms with Crippen LogP contribution >= 0.6 is 12.6 Å². The second-order valence-electron chi connectivity index (χ2n) is 9.27. The van der Waals surface area contributed by atoms with Crippen molar-refractivity contribution in [1.82, 2.24) is 14.7 Å². The van der Waals surface area contributed by atoms with E-state index in [4.69, 9.17) is 17.4 Å². The smallest absolute Gasteiger partial charge is 0.261 e. The number of carbonyl (C=O) groups is 2. The second-order valence-corrected chi connectivity index (χ2v) is 10.00. The average Bonchev–Trinajstić information content (AvgIpc) is 2.88. The fourth-order valence-corrected chi connectivity index (χ4v) is 5.29. The van der Waals surface area contributed by atoms with Gasteiger partial charge in [0.05, 0.1) is 13.2 Å². The number of benzene rings is 3. The Morgan fingerprint density at radius 1 is 0.771 bits per heavy atom. The van der Waals surface area contributed by atoms with Gasteiger partial charge in [-0.15, -0.1) is 0 Å². The van der Waals surface area contributed by atoms with Crippen LogP contribution in [0.3, 0.4) is 0 Å². The number of hydrogen-bond acceptors (Lipinski definition) is 6. The molecule has 0 aliphatic carbocycles. The number of nitrogens with zero attached hydrogens (tertiary/aromatic N) is 3. The number of amides is 2. The van der Waals surface area contributed by atoms with Gasteiger partial charge >= 0.3 is 0 Å².